The molecule has 58 heavy (non-hydrogen) atoms. The maximum atomic E-state index is 14.4. The molecule has 1 aromatic carbocycles. The Kier molecular flexibility index (Phi) is 16.3. The van der Waals surface area contributed by atoms with Crippen LogP contribution in [0.3, 0.4) is 0 Å². The highest BCUT2D eigenvalue weighted by atomic mass is 16.6. The van der Waals surface area contributed by atoms with Gasteiger partial charge in [0.05, 0.1) is 46.5 Å². The number of rotatable bonds is 24. The molecule has 2 fully saturated rings. The number of aliphatic carboxylic acids is 1. The van der Waals surface area contributed by atoms with Crippen molar-refractivity contribution >= 4 is 47.3 Å². The summed E-state index contributed by atoms with van der Waals surface area (Å²) in [6, 6.07) is 8.21. The molecule has 3 rings (SSSR count). The molecular weight excluding hydrogens is 758 g/mol. The van der Waals surface area contributed by atoms with Gasteiger partial charge in [0, 0.05) is 18.1 Å². The molecule has 0 aromatic heterocycles. The number of imide groups is 1. The van der Waals surface area contributed by atoms with Crippen LogP contribution in [0.1, 0.15) is 87.0 Å². The van der Waals surface area contributed by atoms with Crippen LogP contribution >= 0.6 is 0 Å². The average molecular weight is 818 g/mol. The summed E-state index contributed by atoms with van der Waals surface area (Å²) in [5, 5.41) is 30.5. The van der Waals surface area contributed by atoms with E-state index in [2.05, 4.69) is 6.58 Å². The van der Waals surface area contributed by atoms with E-state index in [0.717, 1.165) is 4.90 Å². The molecule has 0 aliphatic carbocycles. The van der Waals surface area contributed by atoms with Gasteiger partial charge in [-0.25, -0.2) is 4.79 Å². The first-order chi connectivity index (χ1) is 27.0. The summed E-state index contributed by atoms with van der Waals surface area (Å²) in [6.07, 6.45) is -2.65. The first-order valence-corrected chi connectivity index (χ1v) is 19.4. The predicted octanol–water partition coefficient (Wildman–Crippen LogP) is 3.78. The highest BCUT2D eigenvalue weighted by molar-refractivity contribution is 6.22. The molecule has 2 amide bonds. The number of para-hydroxylation sites is 1. The van der Waals surface area contributed by atoms with Gasteiger partial charge in [0.1, 0.15) is 32.0 Å². The van der Waals surface area contributed by atoms with Crippen molar-refractivity contribution in [2.24, 2.45) is 33.5 Å². The van der Waals surface area contributed by atoms with Crippen LogP contribution in [0, 0.1) is 33.5 Å². The molecular formula is C42H59NO15. The van der Waals surface area contributed by atoms with Crippen LogP contribution < -0.4 is 4.90 Å². The lowest BCUT2D eigenvalue weighted by Gasteiger charge is -2.43. The van der Waals surface area contributed by atoms with E-state index in [1.165, 1.54) is 34.6 Å². The number of hydrogen-bond acceptors (Lipinski definition) is 14. The van der Waals surface area contributed by atoms with Crippen LogP contribution in [-0.4, -0.2) is 109 Å². The maximum absolute atomic E-state index is 14.4. The van der Waals surface area contributed by atoms with E-state index in [-0.39, 0.29) is 44.3 Å². The Bertz CT molecular complexity index is 1690. The molecule has 16 heteroatoms. The number of hydrogen-bond donors (Lipinski definition) is 3. The van der Waals surface area contributed by atoms with Gasteiger partial charge in [-0.1, -0.05) is 31.7 Å². The largest absolute Gasteiger partial charge is 0.481 e. The van der Waals surface area contributed by atoms with Gasteiger partial charge in [0.2, 0.25) is 11.8 Å². The van der Waals surface area contributed by atoms with Gasteiger partial charge in [-0.15, -0.1) is 0 Å². The summed E-state index contributed by atoms with van der Waals surface area (Å²) in [5.74, 6) is -7.84. The van der Waals surface area contributed by atoms with Gasteiger partial charge in [0.15, 0.2) is 0 Å². The van der Waals surface area contributed by atoms with Crippen LogP contribution in [0.5, 0.6) is 0 Å². The number of esters is 4. The molecule has 2 saturated heterocycles. The Morgan fingerprint density at radius 1 is 0.845 bits per heavy atom. The molecule has 0 saturated carbocycles. The number of aliphatic hydroxyl groups is 2. The second-order valence-electron chi connectivity index (χ2n) is 17.1. The second kappa shape index (κ2) is 19.9. The van der Waals surface area contributed by atoms with Crippen molar-refractivity contribution < 1.29 is 72.6 Å². The Balaban J connectivity index is 2.04. The van der Waals surface area contributed by atoms with Crippen LogP contribution in [0.4, 0.5) is 5.69 Å². The number of benzene rings is 1. The average Bonchev–Trinajstić information content (AvgIpc) is 3.96. The molecule has 0 spiro atoms. The Morgan fingerprint density at radius 2 is 1.41 bits per heavy atom. The monoisotopic (exact) mass is 817 g/mol. The molecule has 2 aliphatic heterocycles. The lowest BCUT2D eigenvalue weighted by atomic mass is 9.60. The molecule has 2 aliphatic rings. The van der Waals surface area contributed by atoms with Crippen LogP contribution in [-0.2, 0) is 57.2 Å². The Morgan fingerprint density at radius 3 is 1.98 bits per heavy atom. The number of epoxide rings is 1. The standard InChI is InChI=1S/C42H59NO15/c1-26(2)34(48)56-19-29(45)20-57-38(53)42(8,24-40(6,35(49)50)18-31-27(3)32(46)43(33(31)47)28-14-10-9-11-15-28)25-41(7,37(52)58-22-30-21-55-30)23-39(4,5)36(51)54-17-13-12-16-44/h9-11,14-15,27,29-31,44-45H,1,12-13,16-25H2,2-8H3,(H,49,50). The maximum Gasteiger partial charge on any atom is 0.333 e. The fourth-order valence-corrected chi connectivity index (χ4v) is 7.63. The highest BCUT2D eigenvalue weighted by Gasteiger charge is 2.56. The number of amides is 2. The fraction of sp³-hybridized carbons (Fsp3) is 0.643. The van der Waals surface area contributed by atoms with E-state index in [1.807, 2.05) is 0 Å². The number of nitrogens with zero attached hydrogens (tertiary/aromatic N) is 1. The first-order valence-electron chi connectivity index (χ1n) is 19.4. The zero-order chi connectivity index (χ0) is 43.6. The Hall–Kier alpha value is -4.67. The van der Waals surface area contributed by atoms with Crippen LogP contribution in [0.15, 0.2) is 42.5 Å². The smallest absolute Gasteiger partial charge is 0.333 e. The lowest BCUT2D eigenvalue weighted by molar-refractivity contribution is -0.173. The van der Waals surface area contributed by atoms with E-state index in [1.54, 1.807) is 44.2 Å². The quantitative estimate of drug-likeness (QED) is 0.0336. The summed E-state index contributed by atoms with van der Waals surface area (Å²) in [6.45, 7) is 12.7. The molecule has 1 aromatic rings. The number of carboxylic acids is 1. The topological polar surface area (TPSA) is 233 Å². The van der Waals surface area contributed by atoms with E-state index in [0.29, 0.717) is 25.1 Å². The number of aliphatic hydroxyl groups excluding tert-OH is 2. The highest BCUT2D eigenvalue weighted by Crippen LogP contribution is 2.51. The summed E-state index contributed by atoms with van der Waals surface area (Å²) < 4.78 is 26.9. The molecule has 0 bridgehead atoms. The van der Waals surface area contributed by atoms with Crippen molar-refractivity contribution in [3.05, 3.63) is 42.5 Å². The van der Waals surface area contributed by atoms with Gasteiger partial charge in [0.25, 0.3) is 0 Å². The van der Waals surface area contributed by atoms with Gasteiger partial charge in [-0.2, -0.15) is 0 Å². The molecule has 7 unspecified atom stereocenters. The number of carbonyl (C=O) groups excluding carboxylic acids is 6. The van der Waals surface area contributed by atoms with Crippen molar-refractivity contribution in [2.75, 3.05) is 44.5 Å². The third-order valence-corrected chi connectivity index (χ3v) is 10.6. The number of unbranched alkanes of at least 4 members (excludes halogenated alkanes) is 1. The van der Waals surface area contributed by atoms with Gasteiger partial charge in [-0.3, -0.25) is 33.7 Å². The third kappa shape index (κ3) is 12.4. The minimum Gasteiger partial charge on any atom is -0.481 e. The van der Waals surface area contributed by atoms with E-state index in [9.17, 15) is 43.8 Å². The normalized spacial score (nSPS) is 21.5. The van der Waals surface area contributed by atoms with Crippen LogP contribution in [0.2, 0.25) is 0 Å². The van der Waals surface area contributed by atoms with Crippen molar-refractivity contribution in [2.45, 2.75) is 99.2 Å². The first kappa shape index (κ1) is 47.7. The van der Waals surface area contributed by atoms with Gasteiger partial charge < -0.3 is 39.0 Å². The van der Waals surface area contributed by atoms with E-state index in [4.69, 9.17) is 28.8 Å². The lowest BCUT2D eigenvalue weighted by Crippen LogP contribution is -2.48. The number of anilines is 1. The van der Waals surface area contributed by atoms with E-state index < -0.39 is 107 Å². The Labute approximate surface area is 339 Å². The summed E-state index contributed by atoms with van der Waals surface area (Å²) in [5.41, 5.74) is -6.46. The molecule has 2 heterocycles. The van der Waals surface area contributed by atoms with Gasteiger partial charge >= 0.3 is 29.8 Å². The molecule has 0 radical (unpaired) electrons. The number of carboxylic acid groups (broad SMARTS) is 1. The molecule has 322 valence electrons. The second-order valence-corrected chi connectivity index (χ2v) is 17.1. The third-order valence-electron chi connectivity index (χ3n) is 10.6. The zero-order valence-electron chi connectivity index (χ0n) is 34.6. The minimum absolute atomic E-state index is 0.0104. The van der Waals surface area contributed by atoms with Crippen molar-refractivity contribution in [3.8, 4) is 0 Å². The van der Waals surface area contributed by atoms with Crippen molar-refractivity contribution in [1.29, 1.82) is 0 Å². The minimum atomic E-state index is -1.90. The summed E-state index contributed by atoms with van der Waals surface area (Å²) in [4.78, 5) is 95.5. The van der Waals surface area contributed by atoms with E-state index >= 15 is 0 Å². The SMILES string of the molecule is C=C(C)C(=O)OCC(O)COC(=O)C(C)(CC(C)(CC1C(=O)N(c2ccccc2)C(=O)C1C)C(=O)O)CC(C)(CC(C)(C)C(=O)OCCCCO)C(=O)OCC1CO1. The summed E-state index contributed by atoms with van der Waals surface area (Å²) in [7, 11) is 0. The van der Waals surface area contributed by atoms with Gasteiger partial charge in [-0.05, 0) is 92.2 Å². The molecule has 16 nitrogen and oxygen atoms in total. The van der Waals surface area contributed by atoms with Crippen molar-refractivity contribution in [3.63, 3.8) is 0 Å². The predicted molar refractivity (Wildman–Crippen MR) is 207 cm³/mol. The molecule has 7 atom stereocenters. The van der Waals surface area contributed by atoms with Crippen molar-refractivity contribution in [1.82, 2.24) is 0 Å². The summed E-state index contributed by atoms with van der Waals surface area (Å²) >= 11 is 0. The zero-order valence-corrected chi connectivity index (χ0v) is 34.6. The number of ether oxygens (including phenoxy) is 5. The number of carbonyl (C=O) groups is 7. The van der Waals surface area contributed by atoms with Crippen LogP contribution in [0.25, 0.3) is 0 Å². The fourth-order valence-electron chi connectivity index (χ4n) is 7.63. The molecule has 3 N–H and O–H groups in total.